The van der Waals surface area contributed by atoms with Crippen LogP contribution in [0.3, 0.4) is 0 Å². The van der Waals surface area contributed by atoms with E-state index in [0.29, 0.717) is 0 Å². The Morgan fingerprint density at radius 2 is 1.89 bits per heavy atom. The van der Waals surface area contributed by atoms with E-state index < -0.39 is 0 Å². The molecular weight excluding hydrogens is 356 g/mol. The molecule has 0 atom stereocenters. The summed E-state index contributed by atoms with van der Waals surface area (Å²) in [5, 5.41) is 0.898. The summed E-state index contributed by atoms with van der Waals surface area (Å²) in [6.07, 6.45) is 5.79. The van der Waals surface area contributed by atoms with Crippen molar-refractivity contribution in [1.82, 2.24) is 19.7 Å². The summed E-state index contributed by atoms with van der Waals surface area (Å²) in [5.74, 6) is 0.845. The van der Waals surface area contributed by atoms with Gasteiger partial charge in [-0.05, 0) is 44.0 Å². The van der Waals surface area contributed by atoms with Crippen LogP contribution < -0.4 is 0 Å². The minimum absolute atomic E-state index is 0.118. The molecule has 0 radical (unpaired) electrons. The maximum Gasteiger partial charge on any atom is 0.246 e. The van der Waals surface area contributed by atoms with Crippen molar-refractivity contribution in [3.8, 4) is 0 Å². The number of hydrogen-bond donors (Lipinski definition) is 0. The van der Waals surface area contributed by atoms with Crippen LogP contribution in [0.2, 0.25) is 0 Å². The third-order valence-corrected chi connectivity index (χ3v) is 6.72. The number of rotatable bonds is 4. The van der Waals surface area contributed by atoms with Crippen molar-refractivity contribution in [2.75, 3.05) is 52.9 Å². The molecule has 144 valence electrons. The number of benzene rings is 1. The molecule has 2 aliphatic rings. The number of piperazine rings is 1. The van der Waals surface area contributed by atoms with Crippen LogP contribution in [0.4, 0.5) is 0 Å². The number of likely N-dealkylation sites (tertiary alicyclic amines) is 1. The Labute approximate surface area is 165 Å². The highest BCUT2D eigenvalue weighted by molar-refractivity contribution is 7.19. The van der Waals surface area contributed by atoms with Crippen LogP contribution in [0.1, 0.15) is 17.8 Å². The highest BCUT2D eigenvalue weighted by Crippen LogP contribution is 2.23. The molecule has 0 saturated carbocycles. The number of carbonyl (C=O) groups excluding carboxylic acids is 1. The van der Waals surface area contributed by atoms with Gasteiger partial charge in [-0.3, -0.25) is 4.79 Å². The molecule has 1 aromatic heterocycles. The SMILES string of the molecule is CN1CCN(CC2CCN(C(=O)C=Cc3nc4ccccc4s3)CC2)CC1. The van der Waals surface area contributed by atoms with Gasteiger partial charge in [0.1, 0.15) is 5.01 Å². The molecule has 0 unspecified atom stereocenters. The number of para-hydroxylation sites is 1. The average Bonchev–Trinajstić information content (AvgIpc) is 3.11. The fourth-order valence-corrected chi connectivity index (χ4v) is 4.81. The number of hydrogen-bond acceptors (Lipinski definition) is 5. The maximum absolute atomic E-state index is 12.5. The summed E-state index contributed by atoms with van der Waals surface area (Å²) in [7, 11) is 2.20. The number of piperidine rings is 1. The maximum atomic E-state index is 12.5. The molecule has 0 spiro atoms. The third kappa shape index (κ3) is 4.75. The first-order valence-electron chi connectivity index (χ1n) is 9.91. The molecule has 3 heterocycles. The summed E-state index contributed by atoms with van der Waals surface area (Å²) in [5.41, 5.74) is 0.999. The zero-order valence-electron chi connectivity index (χ0n) is 16.0. The number of nitrogens with zero attached hydrogens (tertiary/aromatic N) is 4. The van der Waals surface area contributed by atoms with E-state index in [-0.39, 0.29) is 5.91 Å². The number of aromatic nitrogens is 1. The molecule has 1 aromatic carbocycles. The lowest BCUT2D eigenvalue weighted by molar-refractivity contribution is -0.127. The lowest BCUT2D eigenvalue weighted by Crippen LogP contribution is -2.47. The van der Waals surface area contributed by atoms with Crippen LogP contribution in [0.15, 0.2) is 30.3 Å². The predicted octanol–water partition coefficient (Wildman–Crippen LogP) is 2.80. The molecule has 4 rings (SSSR count). The van der Waals surface area contributed by atoms with E-state index in [2.05, 4.69) is 27.9 Å². The van der Waals surface area contributed by atoms with Gasteiger partial charge in [-0.1, -0.05) is 12.1 Å². The summed E-state index contributed by atoms with van der Waals surface area (Å²) in [4.78, 5) is 24.1. The van der Waals surface area contributed by atoms with E-state index in [9.17, 15) is 4.79 Å². The molecular formula is C21H28N4OS. The summed E-state index contributed by atoms with van der Waals surface area (Å²) < 4.78 is 1.16. The number of carbonyl (C=O) groups is 1. The Hall–Kier alpha value is -1.76. The van der Waals surface area contributed by atoms with Gasteiger partial charge in [-0.2, -0.15) is 0 Å². The van der Waals surface area contributed by atoms with E-state index in [1.54, 1.807) is 17.4 Å². The Bertz CT molecular complexity index is 768. The molecule has 27 heavy (non-hydrogen) atoms. The minimum Gasteiger partial charge on any atom is -0.339 e. The van der Waals surface area contributed by atoms with Gasteiger partial charge in [0.2, 0.25) is 5.91 Å². The van der Waals surface area contributed by atoms with Crippen LogP contribution >= 0.6 is 11.3 Å². The molecule has 2 aliphatic heterocycles. The van der Waals surface area contributed by atoms with E-state index >= 15 is 0 Å². The molecule has 0 bridgehead atoms. The second kappa shape index (κ2) is 8.50. The third-order valence-electron chi connectivity index (χ3n) is 5.72. The van der Waals surface area contributed by atoms with Gasteiger partial charge in [0.25, 0.3) is 0 Å². The number of likely N-dealkylation sites (N-methyl/N-ethyl adjacent to an activating group) is 1. The Kier molecular flexibility index (Phi) is 5.86. The molecule has 1 amide bonds. The summed E-state index contributed by atoms with van der Waals surface area (Å²) in [6, 6.07) is 8.09. The molecule has 6 heteroatoms. The molecule has 0 aliphatic carbocycles. The van der Waals surface area contributed by atoms with Crippen molar-refractivity contribution in [3.63, 3.8) is 0 Å². The monoisotopic (exact) mass is 384 g/mol. The average molecular weight is 385 g/mol. The first kappa shape index (κ1) is 18.6. The largest absolute Gasteiger partial charge is 0.339 e. The van der Waals surface area contributed by atoms with Gasteiger partial charge < -0.3 is 14.7 Å². The highest BCUT2D eigenvalue weighted by Gasteiger charge is 2.24. The van der Waals surface area contributed by atoms with Gasteiger partial charge in [0.15, 0.2) is 0 Å². The van der Waals surface area contributed by atoms with Crippen LogP contribution in [0.25, 0.3) is 16.3 Å². The standard InChI is InChI=1S/C21H28N4OS/c1-23-12-14-24(15-13-23)16-17-8-10-25(11-9-17)21(26)7-6-20-22-18-4-2-3-5-19(18)27-20/h2-7,17H,8-16H2,1H3. The van der Waals surface area contributed by atoms with Crippen molar-refractivity contribution in [2.24, 2.45) is 5.92 Å². The quantitative estimate of drug-likeness (QED) is 0.760. The molecule has 2 fully saturated rings. The van der Waals surface area contributed by atoms with Crippen molar-refractivity contribution in [3.05, 3.63) is 35.3 Å². The fraction of sp³-hybridized carbons (Fsp3) is 0.524. The van der Waals surface area contributed by atoms with Crippen molar-refractivity contribution in [2.45, 2.75) is 12.8 Å². The Morgan fingerprint density at radius 3 is 2.63 bits per heavy atom. The van der Waals surface area contributed by atoms with Gasteiger partial charge in [0.05, 0.1) is 10.2 Å². The second-order valence-corrected chi connectivity index (χ2v) is 8.79. The molecule has 0 N–H and O–H groups in total. The van der Waals surface area contributed by atoms with Crippen LogP contribution in [0, 0.1) is 5.92 Å². The van der Waals surface area contributed by atoms with Crippen molar-refractivity contribution >= 4 is 33.5 Å². The Balaban J connectivity index is 1.25. The number of amides is 1. The lowest BCUT2D eigenvalue weighted by Gasteiger charge is -2.37. The summed E-state index contributed by atoms with van der Waals surface area (Å²) in [6.45, 7) is 7.66. The van der Waals surface area contributed by atoms with E-state index in [4.69, 9.17) is 0 Å². The predicted molar refractivity (Wildman–Crippen MR) is 112 cm³/mol. The second-order valence-electron chi connectivity index (χ2n) is 7.73. The first-order valence-corrected chi connectivity index (χ1v) is 10.7. The van der Waals surface area contributed by atoms with E-state index in [0.717, 1.165) is 47.1 Å². The van der Waals surface area contributed by atoms with Crippen LogP contribution in [0.5, 0.6) is 0 Å². The van der Waals surface area contributed by atoms with Crippen molar-refractivity contribution < 1.29 is 4.79 Å². The summed E-state index contributed by atoms with van der Waals surface area (Å²) >= 11 is 1.63. The normalized spacial score (nSPS) is 20.7. The van der Waals surface area contributed by atoms with E-state index in [1.165, 1.54) is 32.7 Å². The molecule has 2 saturated heterocycles. The lowest BCUT2D eigenvalue weighted by atomic mass is 9.96. The highest BCUT2D eigenvalue weighted by atomic mass is 32.1. The van der Waals surface area contributed by atoms with Gasteiger partial charge >= 0.3 is 0 Å². The minimum atomic E-state index is 0.118. The molecule has 2 aromatic rings. The van der Waals surface area contributed by atoms with Crippen molar-refractivity contribution in [1.29, 1.82) is 0 Å². The van der Waals surface area contributed by atoms with Crippen LogP contribution in [-0.4, -0.2) is 78.5 Å². The fourth-order valence-electron chi connectivity index (χ4n) is 3.94. The zero-order valence-corrected chi connectivity index (χ0v) is 16.8. The zero-order chi connectivity index (χ0) is 18.6. The smallest absolute Gasteiger partial charge is 0.246 e. The van der Waals surface area contributed by atoms with Gasteiger partial charge in [-0.15, -0.1) is 11.3 Å². The van der Waals surface area contributed by atoms with Crippen LogP contribution in [-0.2, 0) is 4.79 Å². The number of fused-ring (bicyclic) bond motifs is 1. The topological polar surface area (TPSA) is 39.7 Å². The van der Waals surface area contributed by atoms with Gasteiger partial charge in [0, 0.05) is 51.9 Å². The molecule has 5 nitrogen and oxygen atoms in total. The number of thiazole rings is 1. The first-order chi connectivity index (χ1) is 13.2. The Morgan fingerprint density at radius 1 is 1.15 bits per heavy atom. The van der Waals surface area contributed by atoms with Gasteiger partial charge in [-0.25, -0.2) is 4.98 Å². The van der Waals surface area contributed by atoms with E-state index in [1.807, 2.05) is 29.2 Å².